The van der Waals surface area contributed by atoms with Crippen LogP contribution in [0.1, 0.15) is 16.7 Å². The third-order valence-corrected chi connectivity index (χ3v) is 4.40. The number of pyridine rings is 1. The number of rotatable bonds is 6. The number of para-hydroxylation sites is 1. The summed E-state index contributed by atoms with van der Waals surface area (Å²) < 4.78 is 5.74. The largest absolute Gasteiger partial charge is 0.487 e. The van der Waals surface area contributed by atoms with Gasteiger partial charge in [-0.25, -0.2) is 4.98 Å². The number of ether oxygens (including phenoxy) is 1. The fourth-order valence-corrected chi connectivity index (χ4v) is 2.78. The van der Waals surface area contributed by atoms with E-state index in [1.165, 1.54) is 6.07 Å². The minimum atomic E-state index is -0.418. The first kappa shape index (κ1) is 18.7. The standard InChI is InChI=1S/C20H18ClN3O3/c1-13-6-8-17(21)15(10-13)12-27-16-7-9-19(22-11-16)23-20-14(2)4-3-5-18(20)24(25)26/h3-11H,12H2,1-2H3,(H,22,23). The smallest absolute Gasteiger partial charge is 0.292 e. The molecular weight excluding hydrogens is 366 g/mol. The van der Waals surface area contributed by atoms with Crippen molar-refractivity contribution in [1.29, 1.82) is 0 Å². The van der Waals surface area contributed by atoms with Crippen molar-refractivity contribution in [1.82, 2.24) is 4.98 Å². The number of aryl methyl sites for hydroxylation is 2. The van der Waals surface area contributed by atoms with Gasteiger partial charge in [-0.05, 0) is 37.6 Å². The van der Waals surface area contributed by atoms with E-state index in [0.717, 1.165) is 16.7 Å². The number of hydrogen-bond acceptors (Lipinski definition) is 5. The Kier molecular flexibility index (Phi) is 5.57. The highest BCUT2D eigenvalue weighted by molar-refractivity contribution is 6.31. The molecule has 0 spiro atoms. The second-order valence-corrected chi connectivity index (χ2v) is 6.52. The molecule has 0 atom stereocenters. The fourth-order valence-electron chi connectivity index (χ4n) is 2.61. The van der Waals surface area contributed by atoms with Gasteiger partial charge in [0.05, 0.1) is 11.1 Å². The average Bonchev–Trinajstić information content (AvgIpc) is 2.65. The number of halogens is 1. The molecule has 1 aromatic heterocycles. The van der Waals surface area contributed by atoms with Gasteiger partial charge in [0.15, 0.2) is 0 Å². The topological polar surface area (TPSA) is 77.3 Å². The summed E-state index contributed by atoms with van der Waals surface area (Å²) in [6.45, 7) is 4.13. The molecule has 27 heavy (non-hydrogen) atoms. The zero-order valence-corrected chi connectivity index (χ0v) is 15.7. The van der Waals surface area contributed by atoms with Crippen LogP contribution in [0.4, 0.5) is 17.2 Å². The SMILES string of the molecule is Cc1ccc(Cl)c(COc2ccc(Nc3c(C)cccc3[N+](=O)[O-])nc2)c1. The second-order valence-electron chi connectivity index (χ2n) is 6.11. The lowest BCUT2D eigenvalue weighted by molar-refractivity contribution is -0.384. The molecule has 2 aromatic carbocycles. The number of nitro benzene ring substituents is 1. The van der Waals surface area contributed by atoms with E-state index in [9.17, 15) is 10.1 Å². The molecule has 0 radical (unpaired) electrons. The molecule has 3 rings (SSSR count). The molecule has 0 unspecified atom stereocenters. The summed E-state index contributed by atoms with van der Waals surface area (Å²) in [6, 6.07) is 14.1. The van der Waals surface area contributed by atoms with Crippen LogP contribution < -0.4 is 10.1 Å². The van der Waals surface area contributed by atoms with Crippen LogP contribution in [0.2, 0.25) is 5.02 Å². The van der Waals surface area contributed by atoms with E-state index in [1.54, 1.807) is 37.4 Å². The molecule has 1 heterocycles. The zero-order valence-electron chi connectivity index (χ0n) is 14.9. The van der Waals surface area contributed by atoms with Gasteiger partial charge in [0.2, 0.25) is 0 Å². The van der Waals surface area contributed by atoms with Crippen molar-refractivity contribution in [3.8, 4) is 5.75 Å². The lowest BCUT2D eigenvalue weighted by Crippen LogP contribution is -2.01. The van der Waals surface area contributed by atoms with E-state index >= 15 is 0 Å². The van der Waals surface area contributed by atoms with E-state index in [2.05, 4.69) is 10.3 Å². The predicted molar refractivity (Wildman–Crippen MR) is 106 cm³/mol. The fraction of sp³-hybridized carbons (Fsp3) is 0.150. The van der Waals surface area contributed by atoms with E-state index < -0.39 is 4.92 Å². The molecule has 0 amide bonds. The molecule has 0 aliphatic heterocycles. The maximum atomic E-state index is 11.2. The molecule has 0 aliphatic rings. The Morgan fingerprint density at radius 1 is 1.19 bits per heavy atom. The lowest BCUT2D eigenvalue weighted by Gasteiger charge is -2.11. The Morgan fingerprint density at radius 2 is 2.00 bits per heavy atom. The summed E-state index contributed by atoms with van der Waals surface area (Å²) in [5.74, 6) is 1.07. The molecule has 1 N–H and O–H groups in total. The number of anilines is 2. The summed E-state index contributed by atoms with van der Waals surface area (Å²) >= 11 is 6.17. The van der Waals surface area contributed by atoms with E-state index in [1.807, 2.05) is 25.1 Å². The molecule has 0 saturated carbocycles. The highest BCUT2D eigenvalue weighted by Crippen LogP contribution is 2.30. The number of benzene rings is 2. The first-order valence-corrected chi connectivity index (χ1v) is 8.67. The highest BCUT2D eigenvalue weighted by atomic mass is 35.5. The van der Waals surface area contributed by atoms with Crippen LogP contribution in [0.25, 0.3) is 0 Å². The van der Waals surface area contributed by atoms with Crippen LogP contribution in [0.15, 0.2) is 54.7 Å². The van der Waals surface area contributed by atoms with Crippen molar-refractivity contribution in [2.45, 2.75) is 20.5 Å². The van der Waals surface area contributed by atoms with Crippen LogP contribution in [-0.4, -0.2) is 9.91 Å². The number of nitrogens with zero attached hydrogens (tertiary/aromatic N) is 2. The third-order valence-electron chi connectivity index (χ3n) is 4.03. The molecule has 3 aromatic rings. The number of nitro groups is 1. The minimum Gasteiger partial charge on any atom is -0.487 e. The van der Waals surface area contributed by atoms with Crippen molar-refractivity contribution in [3.63, 3.8) is 0 Å². The summed E-state index contributed by atoms with van der Waals surface area (Å²) in [5, 5.41) is 14.9. The maximum absolute atomic E-state index is 11.2. The predicted octanol–water partition coefficient (Wildman–Crippen LogP) is 5.58. The van der Waals surface area contributed by atoms with Gasteiger partial charge >= 0.3 is 0 Å². The monoisotopic (exact) mass is 383 g/mol. The van der Waals surface area contributed by atoms with Crippen molar-refractivity contribution in [3.05, 3.63) is 86.6 Å². The first-order chi connectivity index (χ1) is 12.9. The van der Waals surface area contributed by atoms with Crippen LogP contribution in [0.3, 0.4) is 0 Å². The van der Waals surface area contributed by atoms with Gasteiger partial charge < -0.3 is 10.1 Å². The van der Waals surface area contributed by atoms with Crippen LogP contribution >= 0.6 is 11.6 Å². The van der Waals surface area contributed by atoms with Crippen molar-refractivity contribution in [2.24, 2.45) is 0 Å². The zero-order chi connectivity index (χ0) is 19.4. The van der Waals surface area contributed by atoms with Crippen molar-refractivity contribution in [2.75, 3.05) is 5.32 Å². The molecule has 0 saturated heterocycles. The van der Waals surface area contributed by atoms with Gasteiger partial charge in [-0.15, -0.1) is 0 Å². The van der Waals surface area contributed by atoms with E-state index in [4.69, 9.17) is 16.3 Å². The quantitative estimate of drug-likeness (QED) is 0.444. The van der Waals surface area contributed by atoms with Gasteiger partial charge in [0, 0.05) is 16.7 Å². The van der Waals surface area contributed by atoms with Gasteiger partial charge in [0.1, 0.15) is 23.9 Å². The maximum Gasteiger partial charge on any atom is 0.292 e. The van der Waals surface area contributed by atoms with Gasteiger partial charge in [-0.3, -0.25) is 10.1 Å². The average molecular weight is 384 g/mol. The highest BCUT2D eigenvalue weighted by Gasteiger charge is 2.16. The number of aromatic nitrogens is 1. The molecule has 0 bridgehead atoms. The summed E-state index contributed by atoms with van der Waals surface area (Å²) in [6.07, 6.45) is 1.57. The second kappa shape index (κ2) is 8.05. The Balaban J connectivity index is 1.71. The van der Waals surface area contributed by atoms with E-state index in [0.29, 0.717) is 28.9 Å². The van der Waals surface area contributed by atoms with E-state index in [-0.39, 0.29) is 5.69 Å². The van der Waals surface area contributed by atoms with Gasteiger partial charge in [0.25, 0.3) is 5.69 Å². The van der Waals surface area contributed by atoms with Crippen LogP contribution in [-0.2, 0) is 6.61 Å². The number of nitrogens with one attached hydrogen (secondary N) is 1. The molecular formula is C20H18ClN3O3. The molecule has 0 aliphatic carbocycles. The first-order valence-electron chi connectivity index (χ1n) is 8.29. The molecule has 6 nitrogen and oxygen atoms in total. The Hall–Kier alpha value is -3.12. The Morgan fingerprint density at radius 3 is 2.70 bits per heavy atom. The van der Waals surface area contributed by atoms with Crippen molar-refractivity contribution < 1.29 is 9.66 Å². The van der Waals surface area contributed by atoms with Crippen LogP contribution in [0, 0.1) is 24.0 Å². The van der Waals surface area contributed by atoms with Crippen LogP contribution in [0.5, 0.6) is 5.75 Å². The lowest BCUT2D eigenvalue weighted by atomic mass is 10.1. The van der Waals surface area contributed by atoms with Crippen molar-refractivity contribution >= 4 is 28.8 Å². The minimum absolute atomic E-state index is 0.00576. The van der Waals surface area contributed by atoms with Gasteiger partial charge in [-0.2, -0.15) is 0 Å². The summed E-state index contributed by atoms with van der Waals surface area (Å²) in [7, 11) is 0. The summed E-state index contributed by atoms with van der Waals surface area (Å²) in [5.41, 5.74) is 3.20. The van der Waals surface area contributed by atoms with Gasteiger partial charge in [-0.1, -0.05) is 41.4 Å². The Labute approximate surface area is 161 Å². The molecule has 0 fully saturated rings. The normalized spacial score (nSPS) is 10.5. The third kappa shape index (κ3) is 4.54. The molecule has 138 valence electrons. The summed E-state index contributed by atoms with van der Waals surface area (Å²) in [4.78, 5) is 15.1. The molecule has 7 heteroatoms. The number of hydrogen-bond donors (Lipinski definition) is 1. The Bertz CT molecular complexity index is 975.